The molecule has 3 aromatic heterocycles. The van der Waals surface area contributed by atoms with E-state index in [1.807, 2.05) is 0 Å². The molecule has 3 aromatic rings. The second kappa shape index (κ2) is 13.6. The monoisotopic (exact) mass is 655 g/mol. The van der Waals surface area contributed by atoms with Crippen LogP contribution in [0.1, 0.15) is 109 Å². The van der Waals surface area contributed by atoms with Crippen molar-refractivity contribution in [3.05, 3.63) is 68.8 Å². The average molecular weight is 656 g/mol. The Bertz CT molecular complexity index is 1920. The number of nitrogens with zero attached hydrogens (tertiary/aromatic N) is 2. The van der Waals surface area contributed by atoms with Crippen molar-refractivity contribution in [1.29, 1.82) is 0 Å². The van der Waals surface area contributed by atoms with Crippen LogP contribution in [0.3, 0.4) is 0 Å². The third-order valence-electron chi connectivity index (χ3n) is 10.7. The third-order valence-corrected chi connectivity index (χ3v) is 10.7. The molecule has 48 heavy (non-hydrogen) atoms. The lowest BCUT2D eigenvalue weighted by atomic mass is 9.85. The van der Waals surface area contributed by atoms with E-state index in [0.29, 0.717) is 6.42 Å². The number of aryl methyl sites for hydroxylation is 4. The van der Waals surface area contributed by atoms with Crippen LogP contribution in [0.15, 0.2) is 18.2 Å². The highest BCUT2D eigenvalue weighted by Crippen LogP contribution is 2.42. The summed E-state index contributed by atoms with van der Waals surface area (Å²) >= 11 is 0. The van der Waals surface area contributed by atoms with Gasteiger partial charge in [-0.05, 0) is 105 Å². The van der Waals surface area contributed by atoms with Gasteiger partial charge in [-0.2, -0.15) is 0 Å². The summed E-state index contributed by atoms with van der Waals surface area (Å²) in [6, 6.07) is 5.79. The number of hydrogen-bond donors (Lipinski definition) is 6. The highest BCUT2D eigenvalue weighted by atomic mass is 16.6. The molecule has 0 radical (unpaired) electrons. The van der Waals surface area contributed by atoms with Gasteiger partial charge < -0.3 is 35.3 Å². The van der Waals surface area contributed by atoms with E-state index in [-0.39, 0.29) is 30.6 Å². The van der Waals surface area contributed by atoms with Crippen molar-refractivity contribution in [3.63, 3.8) is 0 Å². The first-order chi connectivity index (χ1) is 22.9. The summed E-state index contributed by atoms with van der Waals surface area (Å²) < 4.78 is 5.31. The Hall–Kier alpha value is -3.83. The van der Waals surface area contributed by atoms with Crippen molar-refractivity contribution in [3.8, 4) is 0 Å². The molecule has 10 heteroatoms. The molecular weight excluding hydrogens is 606 g/mol. The number of fused-ring (bicyclic) bond motifs is 8. The number of hydrogen-bond acceptors (Lipinski definition) is 7. The van der Waals surface area contributed by atoms with Crippen LogP contribution in [0, 0.1) is 20.8 Å². The molecule has 1 fully saturated rings. The third kappa shape index (κ3) is 6.22. The molecule has 1 amide bonds. The van der Waals surface area contributed by atoms with Gasteiger partial charge in [0.1, 0.15) is 6.10 Å². The van der Waals surface area contributed by atoms with E-state index < -0.39 is 31.1 Å². The van der Waals surface area contributed by atoms with Gasteiger partial charge in [0.25, 0.3) is 0 Å². The minimum Gasteiger partial charge on any atom is -0.394 e. The Morgan fingerprint density at radius 2 is 1.58 bits per heavy atom. The normalized spacial score (nSPS) is 24.1. The van der Waals surface area contributed by atoms with E-state index in [1.54, 1.807) is 0 Å². The first-order valence-corrected chi connectivity index (χ1v) is 17.3. The Balaban J connectivity index is 1.44. The molecule has 3 unspecified atom stereocenters. The molecule has 8 bridgehead atoms. The molecule has 0 aromatic carbocycles. The minimum absolute atomic E-state index is 0.0363. The molecule has 256 valence electrons. The average Bonchev–Trinajstić information content (AvgIpc) is 3.75. The SMILES string of the molecule is CCc1c(C)c2cc3[nH]c(cc4nc(c(C)c5nc(cc1[nH]2)C(C)=C5)[C@@H](CCC(=O)N[C@H]1CC(O)[C@@H](CO)OC1O)C4C)c(C)c3CC. The fourth-order valence-electron chi connectivity index (χ4n) is 7.66. The van der Waals surface area contributed by atoms with Crippen LogP contribution < -0.4 is 5.32 Å². The number of aromatic nitrogens is 4. The van der Waals surface area contributed by atoms with Gasteiger partial charge in [0, 0.05) is 58.1 Å². The van der Waals surface area contributed by atoms with Crippen molar-refractivity contribution < 1.29 is 24.9 Å². The number of nitrogens with one attached hydrogen (secondary N) is 3. The number of amides is 1. The van der Waals surface area contributed by atoms with Crippen LogP contribution in [-0.2, 0) is 22.4 Å². The van der Waals surface area contributed by atoms with Crippen LogP contribution >= 0.6 is 0 Å². The topological polar surface area (TPSA) is 156 Å². The zero-order valence-electron chi connectivity index (χ0n) is 29.1. The Labute approximate surface area is 281 Å². The van der Waals surface area contributed by atoms with Crippen LogP contribution in [0.4, 0.5) is 0 Å². The fourth-order valence-corrected chi connectivity index (χ4v) is 7.66. The summed E-state index contributed by atoms with van der Waals surface area (Å²) in [7, 11) is 0. The first-order valence-electron chi connectivity index (χ1n) is 17.3. The van der Waals surface area contributed by atoms with Crippen LogP contribution in [0.2, 0.25) is 0 Å². The highest BCUT2D eigenvalue weighted by Gasteiger charge is 2.37. The fraction of sp³-hybridized carbons (Fsp3) is 0.500. The van der Waals surface area contributed by atoms with E-state index in [0.717, 1.165) is 68.8 Å². The molecule has 6 heterocycles. The number of carbonyl (C=O) groups excluding carboxylic acids is 1. The summed E-state index contributed by atoms with van der Waals surface area (Å²) in [4.78, 5) is 31.0. The molecule has 1 saturated heterocycles. The van der Waals surface area contributed by atoms with Crippen LogP contribution in [0.5, 0.6) is 0 Å². The number of H-pyrrole nitrogens is 2. The predicted octanol–water partition coefficient (Wildman–Crippen LogP) is 5.54. The zero-order chi connectivity index (χ0) is 34.4. The predicted molar refractivity (Wildman–Crippen MR) is 188 cm³/mol. The number of aliphatic hydroxyl groups is 3. The summed E-state index contributed by atoms with van der Waals surface area (Å²) in [6.07, 6.45) is 1.61. The number of allylic oxidation sites excluding steroid dienone is 1. The molecule has 3 aliphatic heterocycles. The molecule has 0 aliphatic carbocycles. The van der Waals surface area contributed by atoms with Crippen molar-refractivity contribution in [2.45, 2.75) is 117 Å². The molecule has 6 atom stereocenters. The van der Waals surface area contributed by atoms with Gasteiger partial charge in [-0.3, -0.25) is 9.78 Å². The van der Waals surface area contributed by atoms with Crippen molar-refractivity contribution in [2.24, 2.45) is 0 Å². The number of aliphatic hydroxyl groups excluding tert-OH is 3. The van der Waals surface area contributed by atoms with E-state index in [1.165, 1.54) is 22.3 Å². The van der Waals surface area contributed by atoms with Gasteiger partial charge in [-0.25, -0.2) is 4.98 Å². The lowest BCUT2D eigenvalue weighted by Crippen LogP contribution is -2.55. The Morgan fingerprint density at radius 3 is 2.23 bits per heavy atom. The molecule has 6 rings (SSSR count). The van der Waals surface area contributed by atoms with Crippen molar-refractivity contribution in [1.82, 2.24) is 25.3 Å². The quantitative estimate of drug-likeness (QED) is 0.195. The zero-order valence-corrected chi connectivity index (χ0v) is 29.1. The van der Waals surface area contributed by atoms with Gasteiger partial charge in [0.2, 0.25) is 5.91 Å². The molecular formula is C38H49N5O5. The highest BCUT2D eigenvalue weighted by molar-refractivity contribution is 5.85. The molecule has 0 spiro atoms. The van der Waals surface area contributed by atoms with Crippen LogP contribution in [-0.4, -0.2) is 72.3 Å². The standard InChI is InChI=1S/C38H49N5O5/c1-8-23-20(5)29-15-32-24(9-2)19(4)28(40-32)14-30-21(6)25(10-11-36(46)42-33-16-34(45)35(17-44)48-38(33)47)37(43-30)22(7)27-12-18(3)26(39-27)13-31(23)41-29/h12-15,21,25,33-35,38,40-41,44-45,47H,8-11,16-17H2,1-7H3,(H,42,46)/t21?,25-,33-,34?,35+,38?/m0/s1. The van der Waals surface area contributed by atoms with Crippen molar-refractivity contribution in [2.75, 3.05) is 6.61 Å². The lowest BCUT2D eigenvalue weighted by Gasteiger charge is -2.36. The second-order valence-electron chi connectivity index (χ2n) is 13.7. The maximum atomic E-state index is 13.2. The molecule has 0 saturated carbocycles. The number of carbonyl (C=O) groups is 1. The van der Waals surface area contributed by atoms with E-state index in [2.05, 4.69) is 88.0 Å². The summed E-state index contributed by atoms with van der Waals surface area (Å²) in [5, 5.41) is 32.9. The van der Waals surface area contributed by atoms with Gasteiger partial charge in [-0.15, -0.1) is 0 Å². The Morgan fingerprint density at radius 1 is 0.938 bits per heavy atom. The van der Waals surface area contributed by atoms with Gasteiger partial charge in [0.05, 0.1) is 30.1 Å². The van der Waals surface area contributed by atoms with E-state index in [9.17, 15) is 20.1 Å². The lowest BCUT2D eigenvalue weighted by molar-refractivity contribution is -0.221. The smallest absolute Gasteiger partial charge is 0.220 e. The number of rotatable bonds is 7. The minimum atomic E-state index is -1.30. The van der Waals surface area contributed by atoms with Gasteiger partial charge in [-0.1, -0.05) is 20.8 Å². The first kappa shape index (κ1) is 34.0. The molecule has 10 nitrogen and oxygen atoms in total. The number of ether oxygens (including phenoxy) is 1. The molecule has 6 N–H and O–H groups in total. The van der Waals surface area contributed by atoms with Gasteiger partial charge in [0.15, 0.2) is 6.29 Å². The van der Waals surface area contributed by atoms with Gasteiger partial charge >= 0.3 is 0 Å². The summed E-state index contributed by atoms with van der Waals surface area (Å²) in [5.74, 6) is -0.237. The van der Waals surface area contributed by atoms with E-state index >= 15 is 0 Å². The summed E-state index contributed by atoms with van der Waals surface area (Å²) in [6.45, 7) is 14.6. The van der Waals surface area contributed by atoms with E-state index in [4.69, 9.17) is 14.7 Å². The second-order valence-corrected chi connectivity index (χ2v) is 13.7. The maximum absolute atomic E-state index is 13.2. The van der Waals surface area contributed by atoms with Crippen LogP contribution in [0.25, 0.3) is 33.7 Å². The van der Waals surface area contributed by atoms with Crippen molar-refractivity contribution >= 4 is 39.6 Å². The maximum Gasteiger partial charge on any atom is 0.220 e. The molecule has 3 aliphatic rings. The largest absolute Gasteiger partial charge is 0.394 e. The summed E-state index contributed by atoms with van der Waals surface area (Å²) in [5.41, 5.74) is 15.1. The Kier molecular flexibility index (Phi) is 9.64. The number of aromatic amines is 2.